The Hall–Kier alpha value is -6.36. The highest BCUT2D eigenvalue weighted by Crippen LogP contribution is 2.29. The molecule has 55 heavy (non-hydrogen) atoms. The maximum atomic E-state index is 13.4. The van der Waals surface area contributed by atoms with Crippen LogP contribution in [0.1, 0.15) is 25.3 Å². The number of fused-ring (bicyclic) bond motifs is 1. The molecular weight excluding hydrogens is 774 g/mol. The van der Waals surface area contributed by atoms with Gasteiger partial charge in [-0.1, -0.05) is 24.3 Å². The number of carbonyl (C=O) groups is 4. The van der Waals surface area contributed by atoms with E-state index in [0.717, 1.165) is 16.7 Å². The molecule has 3 aromatic carbocycles. The highest BCUT2D eigenvalue weighted by molar-refractivity contribution is 9.10. The lowest BCUT2D eigenvalue weighted by molar-refractivity contribution is -0.167. The Morgan fingerprint density at radius 1 is 1.02 bits per heavy atom. The number of rotatable bonds is 14. The Morgan fingerprint density at radius 2 is 1.84 bits per heavy atom. The molecule has 0 bridgehead atoms. The zero-order valence-corrected chi connectivity index (χ0v) is 31.6. The fourth-order valence-electron chi connectivity index (χ4n) is 5.64. The van der Waals surface area contributed by atoms with Crippen LogP contribution in [0.3, 0.4) is 0 Å². The number of nitrogens with zero attached hydrogens (tertiary/aromatic N) is 6. The standard InChI is InChI=1S/C38H38BrN9O7/c1-24(55-33(50)13-12-32(49)48-17-16-42-37(48)46-30-10-11-31-35(34(30)39)41-15-14-40-31)36(51)54-19-18-47(23-25-4-3-5-29(20-25)53-2)38(52)45-28-8-6-26(7-9-28)27-21-43-44-22-27/h3-11,14-15,20-22,24H,12-13,16-19,23H2,1-2H3,(H,42,46)(H,43,44)(H,45,52). The normalized spacial score (nSPS) is 12.8. The van der Waals surface area contributed by atoms with Crippen molar-refractivity contribution in [2.24, 2.45) is 4.99 Å². The van der Waals surface area contributed by atoms with Crippen molar-refractivity contribution in [1.29, 1.82) is 0 Å². The number of nitrogens with one attached hydrogen (secondary N) is 3. The van der Waals surface area contributed by atoms with E-state index in [1.54, 1.807) is 62.2 Å². The van der Waals surface area contributed by atoms with Crippen molar-refractivity contribution < 1.29 is 33.4 Å². The number of urea groups is 1. The van der Waals surface area contributed by atoms with Gasteiger partial charge in [-0.3, -0.25) is 34.5 Å². The first-order valence-corrected chi connectivity index (χ1v) is 18.1. The van der Waals surface area contributed by atoms with Crippen molar-refractivity contribution >= 4 is 68.2 Å². The second-order valence-electron chi connectivity index (χ2n) is 12.3. The molecule has 0 saturated carbocycles. The van der Waals surface area contributed by atoms with Crippen LogP contribution in [-0.4, -0.2) is 99.3 Å². The van der Waals surface area contributed by atoms with Gasteiger partial charge < -0.3 is 29.7 Å². The number of aromatic nitrogens is 4. The van der Waals surface area contributed by atoms with E-state index >= 15 is 0 Å². The minimum atomic E-state index is -1.24. The summed E-state index contributed by atoms with van der Waals surface area (Å²) < 4.78 is 16.7. The Morgan fingerprint density at radius 3 is 2.62 bits per heavy atom. The molecule has 5 aromatic rings. The molecule has 0 radical (unpaired) electrons. The molecule has 1 aliphatic rings. The molecule has 3 N–H and O–H groups in total. The lowest BCUT2D eigenvalue weighted by Crippen LogP contribution is -2.39. The Labute approximate surface area is 324 Å². The van der Waals surface area contributed by atoms with E-state index in [1.807, 2.05) is 30.3 Å². The maximum Gasteiger partial charge on any atom is 0.347 e. The molecule has 0 aliphatic carbocycles. The van der Waals surface area contributed by atoms with E-state index in [0.29, 0.717) is 51.7 Å². The number of benzene rings is 3. The number of aliphatic imine (C=N–C) groups is 1. The monoisotopic (exact) mass is 811 g/mol. The van der Waals surface area contributed by atoms with Gasteiger partial charge >= 0.3 is 18.0 Å². The SMILES string of the molecule is COc1cccc(CN(CCOC(=O)C(C)OC(=O)CCC(=O)N2CCN=C2Nc2ccc3nccnc3c2Br)C(=O)Nc2ccc(-c3cn[nH]c3)cc2)c1. The summed E-state index contributed by atoms with van der Waals surface area (Å²) in [6, 6.07) is 17.8. The molecule has 6 rings (SSSR count). The summed E-state index contributed by atoms with van der Waals surface area (Å²) in [7, 11) is 1.56. The molecule has 17 heteroatoms. The summed E-state index contributed by atoms with van der Waals surface area (Å²) in [6.45, 7) is 2.18. The Bertz CT molecular complexity index is 2180. The van der Waals surface area contributed by atoms with Gasteiger partial charge in [0.25, 0.3) is 0 Å². The molecule has 16 nitrogen and oxygen atoms in total. The largest absolute Gasteiger partial charge is 0.497 e. The first-order valence-electron chi connectivity index (χ1n) is 17.3. The summed E-state index contributed by atoms with van der Waals surface area (Å²) in [5, 5.41) is 12.8. The van der Waals surface area contributed by atoms with Crippen molar-refractivity contribution in [2.45, 2.75) is 32.4 Å². The first-order chi connectivity index (χ1) is 26.7. The van der Waals surface area contributed by atoms with Crippen LogP contribution in [0, 0.1) is 0 Å². The van der Waals surface area contributed by atoms with Gasteiger partial charge in [0.1, 0.15) is 17.9 Å². The first kappa shape index (κ1) is 38.4. The molecule has 0 fully saturated rings. The fraction of sp³-hybridized carbons (Fsp3) is 0.263. The lowest BCUT2D eigenvalue weighted by atomic mass is 10.1. The third-order valence-electron chi connectivity index (χ3n) is 8.52. The summed E-state index contributed by atoms with van der Waals surface area (Å²) >= 11 is 3.55. The van der Waals surface area contributed by atoms with E-state index in [9.17, 15) is 19.2 Å². The van der Waals surface area contributed by atoms with E-state index in [-0.39, 0.29) is 38.4 Å². The number of guanidine groups is 1. The summed E-state index contributed by atoms with van der Waals surface area (Å²) in [4.78, 5) is 68.0. The Balaban J connectivity index is 0.977. The van der Waals surface area contributed by atoms with Crippen LogP contribution in [0.2, 0.25) is 0 Å². The van der Waals surface area contributed by atoms with Crippen LogP contribution >= 0.6 is 15.9 Å². The molecule has 0 spiro atoms. The molecular formula is C38H38BrN9O7. The quantitative estimate of drug-likeness (QED) is 0.122. The van der Waals surface area contributed by atoms with Crippen molar-refractivity contribution in [3.63, 3.8) is 0 Å². The number of aromatic amines is 1. The van der Waals surface area contributed by atoms with Crippen LogP contribution in [0.5, 0.6) is 5.75 Å². The molecule has 1 unspecified atom stereocenters. The number of methoxy groups -OCH3 is 1. The number of hydrogen-bond donors (Lipinski definition) is 3. The van der Waals surface area contributed by atoms with E-state index in [2.05, 4.69) is 51.7 Å². The molecule has 1 atom stereocenters. The number of anilines is 2. The molecule has 1 aliphatic heterocycles. The smallest absolute Gasteiger partial charge is 0.347 e. The zero-order valence-electron chi connectivity index (χ0n) is 30.0. The predicted octanol–water partition coefficient (Wildman–Crippen LogP) is 5.39. The van der Waals surface area contributed by atoms with Crippen LogP contribution in [-0.2, 0) is 30.4 Å². The van der Waals surface area contributed by atoms with E-state index < -0.39 is 24.1 Å². The predicted molar refractivity (Wildman–Crippen MR) is 207 cm³/mol. The fourth-order valence-corrected chi connectivity index (χ4v) is 6.18. The summed E-state index contributed by atoms with van der Waals surface area (Å²) in [5.74, 6) is -0.892. The minimum absolute atomic E-state index is 0.0357. The number of ether oxygens (including phenoxy) is 3. The number of halogens is 1. The van der Waals surface area contributed by atoms with Gasteiger partial charge in [0.05, 0.1) is 48.5 Å². The number of H-pyrrole nitrogens is 1. The number of hydrogen-bond acceptors (Lipinski definition) is 12. The minimum Gasteiger partial charge on any atom is -0.497 e. The van der Waals surface area contributed by atoms with Gasteiger partial charge in [-0.25, -0.2) is 9.59 Å². The van der Waals surface area contributed by atoms with E-state index in [1.165, 1.54) is 16.7 Å². The third-order valence-corrected chi connectivity index (χ3v) is 9.32. The van der Waals surface area contributed by atoms with Crippen molar-refractivity contribution in [2.75, 3.05) is 44.0 Å². The molecule has 284 valence electrons. The van der Waals surface area contributed by atoms with Crippen molar-refractivity contribution in [1.82, 2.24) is 30.0 Å². The number of amides is 3. The topological polar surface area (TPSA) is 193 Å². The van der Waals surface area contributed by atoms with Crippen molar-refractivity contribution in [3.05, 3.63) is 95.5 Å². The highest BCUT2D eigenvalue weighted by Gasteiger charge is 2.27. The third kappa shape index (κ3) is 10.00. The maximum absolute atomic E-state index is 13.4. The molecule has 3 heterocycles. The zero-order chi connectivity index (χ0) is 38.7. The molecule has 0 saturated heterocycles. The molecule has 3 amide bonds. The van der Waals surface area contributed by atoms with Crippen LogP contribution in [0.15, 0.2) is 94.9 Å². The van der Waals surface area contributed by atoms with Crippen LogP contribution in [0.25, 0.3) is 22.2 Å². The van der Waals surface area contributed by atoms with Gasteiger partial charge in [0.2, 0.25) is 11.9 Å². The van der Waals surface area contributed by atoms with Crippen LogP contribution < -0.4 is 15.4 Å². The number of carbonyl (C=O) groups excluding carboxylic acids is 4. The second kappa shape index (κ2) is 18.1. The van der Waals surface area contributed by atoms with Gasteiger partial charge in [-0.2, -0.15) is 5.10 Å². The Kier molecular flexibility index (Phi) is 12.6. The van der Waals surface area contributed by atoms with Gasteiger partial charge in [0.15, 0.2) is 6.10 Å². The lowest BCUT2D eigenvalue weighted by Gasteiger charge is -2.24. The molecule has 2 aromatic heterocycles. The summed E-state index contributed by atoms with van der Waals surface area (Å²) in [5.41, 5.74) is 5.22. The number of esters is 2. The van der Waals surface area contributed by atoms with Gasteiger partial charge in [-0.05, 0) is 70.4 Å². The average molecular weight is 813 g/mol. The van der Waals surface area contributed by atoms with E-state index in [4.69, 9.17) is 14.2 Å². The second-order valence-corrected chi connectivity index (χ2v) is 13.1. The summed E-state index contributed by atoms with van der Waals surface area (Å²) in [6.07, 6.45) is 5.01. The van der Waals surface area contributed by atoms with Gasteiger partial charge in [0, 0.05) is 49.4 Å². The van der Waals surface area contributed by atoms with Crippen LogP contribution in [0.4, 0.5) is 16.2 Å². The highest BCUT2D eigenvalue weighted by atomic mass is 79.9. The van der Waals surface area contributed by atoms with Gasteiger partial charge in [-0.15, -0.1) is 0 Å². The average Bonchev–Trinajstić information content (AvgIpc) is 3.91. The van der Waals surface area contributed by atoms with Crippen molar-refractivity contribution in [3.8, 4) is 16.9 Å².